The number of hydrogen-bond acceptors (Lipinski definition) is 5. The minimum absolute atomic E-state index is 0.0860. The first kappa shape index (κ1) is 21.6. The van der Waals surface area contributed by atoms with Gasteiger partial charge in [0.15, 0.2) is 0 Å². The van der Waals surface area contributed by atoms with Crippen LogP contribution in [-0.4, -0.2) is 43.9 Å². The van der Waals surface area contributed by atoms with Gasteiger partial charge >= 0.3 is 5.97 Å². The minimum atomic E-state index is -0.275. The summed E-state index contributed by atoms with van der Waals surface area (Å²) >= 11 is 0. The van der Waals surface area contributed by atoms with Gasteiger partial charge in [0.2, 0.25) is 5.91 Å². The fraction of sp³-hybridized carbons (Fsp3) is 0.333. The molecule has 1 aromatic carbocycles. The van der Waals surface area contributed by atoms with Crippen molar-refractivity contribution in [1.29, 1.82) is 0 Å². The van der Waals surface area contributed by atoms with E-state index >= 15 is 0 Å². The highest BCUT2D eigenvalue weighted by atomic mass is 16.5. The molecule has 0 heterocycles. The smallest absolute Gasteiger partial charge is 0.338 e. The van der Waals surface area contributed by atoms with Crippen molar-refractivity contribution >= 4 is 24.6 Å². The number of esters is 1. The molecule has 0 aliphatic rings. The van der Waals surface area contributed by atoms with Crippen LogP contribution in [0.3, 0.4) is 0 Å². The topological polar surface area (TPSA) is 110 Å². The van der Waals surface area contributed by atoms with Crippen LogP contribution in [0.4, 0.5) is 0 Å². The summed E-state index contributed by atoms with van der Waals surface area (Å²) in [5, 5.41) is 9.29. The maximum atomic E-state index is 11.0. The van der Waals surface area contributed by atoms with Crippen molar-refractivity contribution in [3.63, 3.8) is 0 Å². The zero-order valence-corrected chi connectivity index (χ0v) is 12.9. The summed E-state index contributed by atoms with van der Waals surface area (Å²) in [6, 6.07) is 7.34. The van der Waals surface area contributed by atoms with Gasteiger partial charge < -0.3 is 20.0 Å². The van der Waals surface area contributed by atoms with Gasteiger partial charge in [-0.3, -0.25) is 9.59 Å². The summed E-state index contributed by atoms with van der Waals surface area (Å²) in [6.45, 7) is 1.63. The normalized spacial score (nSPS) is 8.14. The van der Waals surface area contributed by atoms with Crippen LogP contribution in [-0.2, 0) is 19.1 Å². The molecule has 2 N–H and O–H groups in total. The molecule has 0 aliphatic heterocycles. The second kappa shape index (κ2) is 14.7. The van der Waals surface area contributed by atoms with Crippen molar-refractivity contribution < 1.29 is 29.0 Å². The van der Waals surface area contributed by atoms with Crippen LogP contribution in [0.25, 0.3) is 0 Å². The average molecular weight is 311 g/mol. The highest BCUT2D eigenvalue weighted by Gasteiger charge is 2.05. The Morgan fingerprint density at radius 2 is 1.82 bits per heavy atom. The number of benzene rings is 1. The maximum Gasteiger partial charge on any atom is 0.338 e. The third kappa shape index (κ3) is 11.2. The summed E-state index contributed by atoms with van der Waals surface area (Å²) in [6.07, 6.45) is 1.36. The molecule has 0 fully saturated rings. The van der Waals surface area contributed by atoms with Crippen LogP contribution in [0, 0.1) is 6.92 Å². The number of carbonyl (C=O) groups excluding carboxylic acids is 3. The molecule has 0 atom stereocenters. The van der Waals surface area contributed by atoms with Crippen molar-refractivity contribution in [3.8, 4) is 0 Å². The standard InChI is InChI=1S/C9H10O2.C5H9NO2.CH2O2/c1-7-5-3-4-6-8(7)9(10)11-2;1-6-5(8)3-2-4-7;2-1-3/h3-6H,1-2H3;4H,2-3H2,1H3,(H,6,8);1H,(H,2,3). The number of rotatable bonds is 4. The Labute approximate surface area is 129 Å². The molecule has 0 bridgehead atoms. The Balaban J connectivity index is 0. The largest absolute Gasteiger partial charge is 0.483 e. The zero-order valence-electron chi connectivity index (χ0n) is 12.9. The average Bonchev–Trinajstić information content (AvgIpc) is 2.53. The summed E-state index contributed by atoms with van der Waals surface area (Å²) in [5.41, 5.74) is 1.58. The van der Waals surface area contributed by atoms with Gasteiger partial charge in [-0.25, -0.2) is 4.79 Å². The van der Waals surface area contributed by atoms with E-state index in [2.05, 4.69) is 10.1 Å². The number of amides is 1. The van der Waals surface area contributed by atoms with E-state index in [0.29, 0.717) is 18.4 Å². The van der Waals surface area contributed by atoms with Crippen molar-refractivity contribution in [2.45, 2.75) is 19.8 Å². The lowest BCUT2D eigenvalue weighted by molar-refractivity contribution is -0.123. The Morgan fingerprint density at radius 3 is 2.23 bits per heavy atom. The van der Waals surface area contributed by atoms with Crippen LogP contribution >= 0.6 is 0 Å². The third-order valence-corrected chi connectivity index (χ3v) is 2.32. The van der Waals surface area contributed by atoms with Crippen LogP contribution in [0.15, 0.2) is 24.3 Å². The summed E-state index contributed by atoms with van der Waals surface area (Å²) in [5.74, 6) is -0.361. The maximum absolute atomic E-state index is 11.0. The minimum Gasteiger partial charge on any atom is -0.483 e. The number of carbonyl (C=O) groups is 4. The lowest BCUT2D eigenvalue weighted by Gasteiger charge is -2.00. The molecule has 1 aromatic rings. The molecular formula is C15H21NO6. The Hall–Kier alpha value is -2.70. The number of aryl methyl sites for hydroxylation is 1. The van der Waals surface area contributed by atoms with E-state index in [-0.39, 0.29) is 18.3 Å². The second-order valence-corrected chi connectivity index (χ2v) is 3.79. The Morgan fingerprint density at radius 1 is 1.27 bits per heavy atom. The first-order chi connectivity index (χ1) is 10.5. The molecule has 7 nitrogen and oxygen atoms in total. The molecule has 0 saturated carbocycles. The van der Waals surface area contributed by atoms with Crippen LogP contribution in [0.5, 0.6) is 0 Å². The number of methoxy groups -OCH3 is 1. The van der Waals surface area contributed by atoms with E-state index in [1.807, 2.05) is 25.1 Å². The number of nitrogens with one attached hydrogen (secondary N) is 1. The second-order valence-electron chi connectivity index (χ2n) is 3.79. The van der Waals surface area contributed by atoms with Gasteiger partial charge in [0, 0.05) is 19.9 Å². The molecule has 122 valence electrons. The molecule has 0 aliphatic carbocycles. The summed E-state index contributed by atoms with van der Waals surface area (Å²) in [4.78, 5) is 39.3. The van der Waals surface area contributed by atoms with E-state index in [0.717, 1.165) is 11.8 Å². The molecule has 0 spiro atoms. The highest BCUT2D eigenvalue weighted by Crippen LogP contribution is 2.07. The van der Waals surface area contributed by atoms with E-state index in [4.69, 9.17) is 9.90 Å². The molecule has 7 heteroatoms. The predicted molar refractivity (Wildman–Crippen MR) is 80.6 cm³/mol. The first-order valence-corrected chi connectivity index (χ1v) is 6.34. The van der Waals surface area contributed by atoms with Gasteiger partial charge in [0.05, 0.1) is 12.7 Å². The Bertz CT molecular complexity index is 473. The fourth-order valence-electron chi connectivity index (χ4n) is 1.23. The predicted octanol–water partition coefficient (Wildman–Crippen LogP) is 1.19. The van der Waals surface area contributed by atoms with Gasteiger partial charge in [-0.05, 0) is 18.6 Å². The van der Waals surface area contributed by atoms with Crippen LogP contribution < -0.4 is 5.32 Å². The van der Waals surface area contributed by atoms with E-state index in [1.54, 1.807) is 13.1 Å². The van der Waals surface area contributed by atoms with Gasteiger partial charge in [0.25, 0.3) is 6.47 Å². The number of hydrogen-bond donors (Lipinski definition) is 2. The van der Waals surface area contributed by atoms with E-state index < -0.39 is 0 Å². The van der Waals surface area contributed by atoms with Crippen molar-refractivity contribution in [2.24, 2.45) is 0 Å². The van der Waals surface area contributed by atoms with Crippen molar-refractivity contribution in [2.75, 3.05) is 14.2 Å². The third-order valence-electron chi connectivity index (χ3n) is 2.32. The lowest BCUT2D eigenvalue weighted by Crippen LogP contribution is -2.16. The highest BCUT2D eigenvalue weighted by molar-refractivity contribution is 5.90. The summed E-state index contributed by atoms with van der Waals surface area (Å²) in [7, 11) is 2.93. The Kier molecular flexibility index (Phi) is 14.4. The SMILES string of the molecule is CNC(=O)CCC=O.COC(=O)c1ccccc1C.O=CO. The number of aldehydes is 1. The van der Waals surface area contributed by atoms with Crippen LogP contribution in [0.1, 0.15) is 28.8 Å². The van der Waals surface area contributed by atoms with Gasteiger partial charge in [0.1, 0.15) is 6.29 Å². The molecule has 0 saturated heterocycles. The van der Waals surface area contributed by atoms with Crippen molar-refractivity contribution in [1.82, 2.24) is 5.32 Å². The van der Waals surface area contributed by atoms with Gasteiger partial charge in [-0.1, -0.05) is 18.2 Å². The molecule has 1 amide bonds. The van der Waals surface area contributed by atoms with E-state index in [1.165, 1.54) is 7.11 Å². The van der Waals surface area contributed by atoms with Gasteiger partial charge in [-0.2, -0.15) is 0 Å². The lowest BCUT2D eigenvalue weighted by atomic mass is 10.1. The first-order valence-electron chi connectivity index (χ1n) is 6.34. The monoisotopic (exact) mass is 311 g/mol. The quantitative estimate of drug-likeness (QED) is 0.638. The molecule has 0 aromatic heterocycles. The number of ether oxygens (including phenoxy) is 1. The fourth-order valence-corrected chi connectivity index (χ4v) is 1.23. The molecule has 0 radical (unpaired) electrons. The van der Waals surface area contributed by atoms with Crippen molar-refractivity contribution in [3.05, 3.63) is 35.4 Å². The van der Waals surface area contributed by atoms with Gasteiger partial charge in [-0.15, -0.1) is 0 Å². The van der Waals surface area contributed by atoms with E-state index in [9.17, 15) is 14.4 Å². The molecule has 0 unspecified atom stereocenters. The number of carboxylic acid groups (broad SMARTS) is 1. The van der Waals surface area contributed by atoms with Crippen LogP contribution in [0.2, 0.25) is 0 Å². The molecular weight excluding hydrogens is 290 g/mol. The molecule has 22 heavy (non-hydrogen) atoms. The summed E-state index contributed by atoms with van der Waals surface area (Å²) < 4.78 is 4.58. The molecule has 1 rings (SSSR count). The zero-order chi connectivity index (χ0) is 17.4.